The molecule has 0 saturated heterocycles. The maximum absolute atomic E-state index is 9.10. The lowest BCUT2D eigenvalue weighted by Gasteiger charge is -2.23. The van der Waals surface area contributed by atoms with Crippen LogP contribution in [0.2, 0.25) is 0 Å². The maximum Gasteiger partial charge on any atom is 0.108 e. The number of aliphatic imine (C=N–C) groups is 1. The molecule has 0 heterocycles. The van der Waals surface area contributed by atoms with E-state index in [0.29, 0.717) is 6.54 Å². The molecular formula is C12H26N4O2. The van der Waals surface area contributed by atoms with Gasteiger partial charge in [-0.2, -0.15) is 5.10 Å². The van der Waals surface area contributed by atoms with Crippen LogP contribution in [-0.4, -0.2) is 47.4 Å². The van der Waals surface area contributed by atoms with E-state index in [1.807, 2.05) is 0 Å². The van der Waals surface area contributed by atoms with Crippen molar-refractivity contribution in [3.05, 3.63) is 0 Å². The molecule has 0 aromatic heterocycles. The second kappa shape index (κ2) is 9.99. The lowest BCUT2D eigenvalue weighted by atomic mass is 9.97. The first-order valence-electron chi connectivity index (χ1n) is 6.43. The molecule has 6 heteroatoms. The Hall–Kier alpha value is -0.980. The van der Waals surface area contributed by atoms with Crippen molar-refractivity contribution >= 4 is 11.9 Å². The lowest BCUT2D eigenvalue weighted by molar-refractivity contribution is 0.164. The molecule has 0 aliphatic heterocycles. The zero-order valence-electron chi connectivity index (χ0n) is 11.2. The zero-order chi connectivity index (χ0) is 13.9. The van der Waals surface area contributed by atoms with Crippen LogP contribution >= 0.6 is 0 Å². The molecule has 106 valence electrons. The predicted octanol–water partition coefficient (Wildman–Crippen LogP) is 0.0244. The molecule has 0 amide bonds. The Morgan fingerprint density at radius 1 is 1.17 bits per heavy atom. The van der Waals surface area contributed by atoms with Crippen LogP contribution in [0.5, 0.6) is 0 Å². The molecule has 18 heavy (non-hydrogen) atoms. The highest BCUT2D eigenvalue weighted by molar-refractivity contribution is 6.34. The molecule has 0 spiro atoms. The van der Waals surface area contributed by atoms with Gasteiger partial charge < -0.3 is 21.8 Å². The van der Waals surface area contributed by atoms with Gasteiger partial charge in [-0.15, -0.1) is 0 Å². The Balaban J connectivity index is 4.07. The standard InChI is InChI=1S/C12H26N4O2/c1-2-3-4-5-6-7-15-8-11(16-14)12(13,9-17)10-18/h8,17-18H,2-7,9-10,13-14H2,1H3. The van der Waals surface area contributed by atoms with E-state index in [-0.39, 0.29) is 5.71 Å². The van der Waals surface area contributed by atoms with Crippen molar-refractivity contribution in [1.82, 2.24) is 0 Å². The fraction of sp³-hybridized carbons (Fsp3) is 0.833. The van der Waals surface area contributed by atoms with Crippen molar-refractivity contribution in [3.8, 4) is 0 Å². The smallest absolute Gasteiger partial charge is 0.108 e. The van der Waals surface area contributed by atoms with Gasteiger partial charge in [-0.05, 0) is 6.42 Å². The molecule has 0 aliphatic rings. The van der Waals surface area contributed by atoms with Crippen molar-refractivity contribution in [1.29, 1.82) is 0 Å². The van der Waals surface area contributed by atoms with Crippen molar-refractivity contribution in [2.45, 2.75) is 44.6 Å². The van der Waals surface area contributed by atoms with E-state index >= 15 is 0 Å². The number of rotatable bonds is 10. The third kappa shape index (κ3) is 6.09. The third-order valence-electron chi connectivity index (χ3n) is 2.82. The highest BCUT2D eigenvalue weighted by Gasteiger charge is 2.29. The number of aliphatic hydroxyl groups excluding tert-OH is 2. The normalized spacial score (nSPS) is 13.4. The minimum Gasteiger partial charge on any atom is -0.394 e. The van der Waals surface area contributed by atoms with Gasteiger partial charge in [-0.1, -0.05) is 32.6 Å². The van der Waals surface area contributed by atoms with Crippen LogP contribution in [0.25, 0.3) is 0 Å². The van der Waals surface area contributed by atoms with E-state index in [2.05, 4.69) is 17.0 Å². The second-order valence-corrected chi connectivity index (χ2v) is 4.44. The number of nitrogens with two attached hydrogens (primary N) is 2. The number of aliphatic hydroxyl groups is 2. The average Bonchev–Trinajstić information content (AvgIpc) is 2.41. The molecule has 0 radical (unpaired) electrons. The van der Waals surface area contributed by atoms with Crippen LogP contribution in [-0.2, 0) is 0 Å². The predicted molar refractivity (Wildman–Crippen MR) is 74.8 cm³/mol. The molecule has 0 saturated carbocycles. The van der Waals surface area contributed by atoms with Crippen LogP contribution in [0.4, 0.5) is 0 Å². The summed E-state index contributed by atoms with van der Waals surface area (Å²) in [5, 5.41) is 21.7. The van der Waals surface area contributed by atoms with Gasteiger partial charge in [-0.25, -0.2) is 0 Å². The van der Waals surface area contributed by atoms with Crippen molar-refractivity contribution < 1.29 is 10.2 Å². The summed E-state index contributed by atoms with van der Waals surface area (Å²) in [6.45, 7) is 1.99. The Kier molecular flexibility index (Phi) is 9.45. The van der Waals surface area contributed by atoms with Crippen LogP contribution < -0.4 is 11.6 Å². The van der Waals surface area contributed by atoms with E-state index in [1.54, 1.807) is 0 Å². The Labute approximate surface area is 109 Å². The van der Waals surface area contributed by atoms with Crippen LogP contribution in [0.1, 0.15) is 39.0 Å². The van der Waals surface area contributed by atoms with Gasteiger partial charge in [0.1, 0.15) is 11.3 Å². The summed E-state index contributed by atoms with van der Waals surface area (Å²) in [6, 6.07) is 0. The largest absolute Gasteiger partial charge is 0.394 e. The summed E-state index contributed by atoms with van der Waals surface area (Å²) in [5.74, 6) is 5.18. The fourth-order valence-electron chi connectivity index (χ4n) is 1.46. The molecule has 0 aliphatic carbocycles. The fourth-order valence-corrected chi connectivity index (χ4v) is 1.46. The van der Waals surface area contributed by atoms with E-state index in [4.69, 9.17) is 21.8 Å². The van der Waals surface area contributed by atoms with Crippen LogP contribution in [0.3, 0.4) is 0 Å². The maximum atomic E-state index is 9.10. The summed E-state index contributed by atoms with van der Waals surface area (Å²) in [4.78, 5) is 4.16. The minimum atomic E-state index is -1.32. The third-order valence-corrected chi connectivity index (χ3v) is 2.82. The van der Waals surface area contributed by atoms with Gasteiger partial charge in [0.05, 0.1) is 13.2 Å². The Morgan fingerprint density at radius 3 is 2.28 bits per heavy atom. The molecular weight excluding hydrogens is 232 g/mol. The first kappa shape index (κ1) is 17.0. The molecule has 0 rings (SSSR count). The second-order valence-electron chi connectivity index (χ2n) is 4.44. The van der Waals surface area contributed by atoms with Gasteiger partial charge in [0.25, 0.3) is 0 Å². The van der Waals surface area contributed by atoms with Gasteiger partial charge in [0.2, 0.25) is 0 Å². The molecule has 0 unspecified atom stereocenters. The summed E-state index contributed by atoms with van der Waals surface area (Å²) in [5.41, 5.74) is 4.62. The van der Waals surface area contributed by atoms with E-state index in [1.165, 1.54) is 25.5 Å². The number of nitrogens with zero attached hydrogens (tertiary/aromatic N) is 2. The number of hydrazone groups is 1. The number of unbranched alkanes of at least 4 members (excludes halogenated alkanes) is 4. The van der Waals surface area contributed by atoms with Gasteiger partial charge in [-0.3, -0.25) is 4.99 Å². The first-order valence-corrected chi connectivity index (χ1v) is 6.43. The molecule has 6 N–H and O–H groups in total. The number of hydrogen-bond donors (Lipinski definition) is 4. The van der Waals surface area contributed by atoms with Crippen molar-refractivity contribution in [2.75, 3.05) is 19.8 Å². The molecule has 0 aromatic rings. The first-order chi connectivity index (χ1) is 8.64. The zero-order valence-corrected chi connectivity index (χ0v) is 11.2. The van der Waals surface area contributed by atoms with E-state index in [9.17, 15) is 0 Å². The van der Waals surface area contributed by atoms with Crippen LogP contribution in [0.15, 0.2) is 10.1 Å². The molecule has 0 aromatic carbocycles. The van der Waals surface area contributed by atoms with Crippen molar-refractivity contribution in [2.24, 2.45) is 21.7 Å². The van der Waals surface area contributed by atoms with Gasteiger partial charge in [0.15, 0.2) is 0 Å². The quantitative estimate of drug-likeness (QED) is 0.191. The molecule has 6 nitrogen and oxygen atoms in total. The summed E-state index contributed by atoms with van der Waals surface area (Å²) in [7, 11) is 0. The minimum absolute atomic E-state index is 0.209. The molecule has 0 atom stereocenters. The van der Waals surface area contributed by atoms with Gasteiger partial charge in [0, 0.05) is 12.8 Å². The Bertz CT molecular complexity index is 263. The number of hydrogen-bond acceptors (Lipinski definition) is 6. The van der Waals surface area contributed by atoms with E-state index < -0.39 is 18.8 Å². The summed E-state index contributed by atoms with van der Waals surface area (Å²) < 4.78 is 0. The summed E-state index contributed by atoms with van der Waals surface area (Å²) >= 11 is 0. The van der Waals surface area contributed by atoms with Gasteiger partial charge >= 0.3 is 0 Å². The lowest BCUT2D eigenvalue weighted by Crippen LogP contribution is -2.55. The SMILES string of the molecule is CCCCCCCN=CC(=NN)C(N)(CO)CO. The van der Waals surface area contributed by atoms with Crippen molar-refractivity contribution in [3.63, 3.8) is 0 Å². The van der Waals surface area contributed by atoms with E-state index in [0.717, 1.165) is 12.8 Å². The van der Waals surface area contributed by atoms with Crippen LogP contribution in [0, 0.1) is 0 Å². The highest BCUT2D eigenvalue weighted by Crippen LogP contribution is 2.03. The molecule has 0 bridgehead atoms. The highest BCUT2D eigenvalue weighted by atomic mass is 16.3. The topological polar surface area (TPSA) is 117 Å². The Morgan fingerprint density at radius 2 is 1.78 bits per heavy atom. The average molecular weight is 258 g/mol. The molecule has 0 fully saturated rings. The monoisotopic (exact) mass is 258 g/mol. The summed E-state index contributed by atoms with van der Waals surface area (Å²) in [6.07, 6.45) is 7.28.